The topological polar surface area (TPSA) is 49.8 Å². The van der Waals surface area contributed by atoms with Crippen molar-refractivity contribution in [3.63, 3.8) is 0 Å². The van der Waals surface area contributed by atoms with Crippen LogP contribution in [0.3, 0.4) is 0 Å². The third-order valence-electron chi connectivity index (χ3n) is 1.32. The lowest BCUT2D eigenvalue weighted by atomic mass is 10.4. The smallest absolute Gasteiger partial charge is 0.414 e. The van der Waals surface area contributed by atoms with E-state index in [1.54, 1.807) is 19.2 Å². The summed E-state index contributed by atoms with van der Waals surface area (Å²) in [5.74, 6) is 0. The Kier molecular flexibility index (Phi) is 6.63. The van der Waals surface area contributed by atoms with E-state index >= 15 is 0 Å². The van der Waals surface area contributed by atoms with Gasteiger partial charge >= 0.3 is 6.09 Å². The first-order valence-electron chi connectivity index (χ1n) is 4.06. The number of ether oxygens (including phenoxy) is 1. The van der Waals surface area contributed by atoms with Crippen LogP contribution in [0.25, 0.3) is 0 Å². The van der Waals surface area contributed by atoms with Crippen LogP contribution in [0.15, 0.2) is 24.4 Å². The highest BCUT2D eigenvalue weighted by Crippen LogP contribution is 2.00. The van der Waals surface area contributed by atoms with E-state index in [2.05, 4.69) is 0 Å². The Labute approximate surface area is 78.1 Å². The molecule has 1 aliphatic heterocycles. The van der Waals surface area contributed by atoms with Crippen LogP contribution in [0.2, 0.25) is 0 Å². The Morgan fingerprint density at radius 2 is 2.23 bits per heavy atom. The van der Waals surface area contributed by atoms with Gasteiger partial charge < -0.3 is 9.84 Å². The van der Waals surface area contributed by atoms with E-state index in [1.165, 1.54) is 4.90 Å². The van der Waals surface area contributed by atoms with Gasteiger partial charge in [-0.15, -0.1) is 0 Å². The van der Waals surface area contributed by atoms with Crippen molar-refractivity contribution in [1.29, 1.82) is 0 Å². The highest BCUT2D eigenvalue weighted by Gasteiger charge is 2.09. The van der Waals surface area contributed by atoms with Crippen molar-refractivity contribution in [2.24, 2.45) is 0 Å². The van der Waals surface area contributed by atoms with Gasteiger partial charge in [0.25, 0.3) is 0 Å². The van der Waals surface area contributed by atoms with Crippen LogP contribution >= 0.6 is 0 Å². The molecule has 1 rings (SSSR count). The molecular formula is C9H15NO3. The zero-order valence-electron chi connectivity index (χ0n) is 7.93. The molecule has 4 heteroatoms. The summed E-state index contributed by atoms with van der Waals surface area (Å²) in [6.45, 7) is 2.82. The van der Waals surface area contributed by atoms with E-state index < -0.39 is 0 Å². The van der Waals surface area contributed by atoms with Crippen LogP contribution in [-0.4, -0.2) is 36.4 Å². The lowest BCUT2D eigenvalue weighted by Crippen LogP contribution is -2.27. The standard InChI is InChI=1S/C8H11NO2.CH4O/c1-2-11-8(10)9-6-4-3-5-7-9;1-2/h3-6H,2,7H2,1H3;2H,1H3. The largest absolute Gasteiger partial charge is 0.449 e. The Morgan fingerprint density at radius 3 is 2.69 bits per heavy atom. The fourth-order valence-corrected chi connectivity index (χ4v) is 0.809. The molecule has 0 aliphatic carbocycles. The molecule has 0 fully saturated rings. The van der Waals surface area contributed by atoms with Gasteiger partial charge in [-0.25, -0.2) is 4.79 Å². The predicted molar refractivity (Wildman–Crippen MR) is 50.2 cm³/mol. The minimum absolute atomic E-state index is 0.284. The maximum absolute atomic E-state index is 11.0. The lowest BCUT2D eigenvalue weighted by Gasteiger charge is -2.16. The first-order chi connectivity index (χ1) is 6.34. The van der Waals surface area contributed by atoms with Crippen molar-refractivity contribution in [1.82, 2.24) is 4.90 Å². The first-order valence-corrected chi connectivity index (χ1v) is 4.06. The molecule has 0 aromatic carbocycles. The quantitative estimate of drug-likeness (QED) is 0.666. The Morgan fingerprint density at radius 1 is 1.54 bits per heavy atom. The van der Waals surface area contributed by atoms with E-state index in [0.29, 0.717) is 13.2 Å². The minimum atomic E-state index is -0.284. The molecule has 4 nitrogen and oxygen atoms in total. The van der Waals surface area contributed by atoms with Gasteiger partial charge in [0.15, 0.2) is 0 Å². The number of hydrogen-bond acceptors (Lipinski definition) is 3. The van der Waals surface area contributed by atoms with Crippen LogP contribution in [0.4, 0.5) is 4.79 Å². The van der Waals surface area contributed by atoms with Crippen molar-refractivity contribution in [2.75, 3.05) is 20.3 Å². The summed E-state index contributed by atoms with van der Waals surface area (Å²) in [4.78, 5) is 12.5. The molecule has 1 N–H and O–H groups in total. The number of nitrogens with zero attached hydrogens (tertiary/aromatic N) is 1. The summed E-state index contributed by atoms with van der Waals surface area (Å²) in [5.41, 5.74) is 0. The van der Waals surface area contributed by atoms with Gasteiger partial charge in [-0.1, -0.05) is 12.2 Å². The molecule has 74 valence electrons. The summed E-state index contributed by atoms with van der Waals surface area (Å²) in [7, 11) is 1.00. The molecule has 0 aromatic rings. The average molecular weight is 185 g/mol. The van der Waals surface area contributed by atoms with Gasteiger partial charge in [0.2, 0.25) is 0 Å². The molecule has 0 unspecified atom stereocenters. The zero-order chi connectivity index (χ0) is 10.1. The molecule has 1 amide bonds. The van der Waals surface area contributed by atoms with Crippen molar-refractivity contribution in [3.05, 3.63) is 24.4 Å². The Balaban J connectivity index is 0.000000671. The number of aliphatic hydroxyl groups is 1. The summed E-state index contributed by atoms with van der Waals surface area (Å²) in [5, 5.41) is 7.00. The molecule has 0 aromatic heterocycles. The molecule has 0 atom stereocenters. The van der Waals surface area contributed by atoms with Crippen molar-refractivity contribution >= 4 is 6.09 Å². The van der Waals surface area contributed by atoms with Gasteiger partial charge in [0, 0.05) is 19.9 Å². The summed E-state index contributed by atoms with van der Waals surface area (Å²) in [6.07, 6.45) is 7.03. The maximum Gasteiger partial charge on any atom is 0.414 e. The third-order valence-corrected chi connectivity index (χ3v) is 1.32. The monoisotopic (exact) mass is 185 g/mol. The van der Waals surface area contributed by atoms with Crippen molar-refractivity contribution in [3.8, 4) is 0 Å². The number of carbonyl (C=O) groups excluding carboxylic acids is 1. The molecule has 1 heterocycles. The van der Waals surface area contributed by atoms with Crippen molar-refractivity contribution < 1.29 is 14.6 Å². The van der Waals surface area contributed by atoms with E-state index in [9.17, 15) is 4.79 Å². The summed E-state index contributed by atoms with van der Waals surface area (Å²) >= 11 is 0. The fourth-order valence-electron chi connectivity index (χ4n) is 0.809. The second-order valence-electron chi connectivity index (χ2n) is 2.12. The number of rotatable bonds is 1. The first kappa shape index (κ1) is 11.7. The molecule has 0 saturated heterocycles. The van der Waals surface area contributed by atoms with Crippen LogP contribution < -0.4 is 0 Å². The van der Waals surface area contributed by atoms with Gasteiger partial charge in [-0.3, -0.25) is 4.90 Å². The van der Waals surface area contributed by atoms with Gasteiger partial charge in [-0.05, 0) is 13.0 Å². The number of allylic oxidation sites excluding steroid dienone is 2. The molecule has 0 radical (unpaired) electrons. The maximum atomic E-state index is 11.0. The number of amides is 1. The van der Waals surface area contributed by atoms with Crippen LogP contribution in [0, 0.1) is 0 Å². The van der Waals surface area contributed by atoms with Gasteiger partial charge in [-0.2, -0.15) is 0 Å². The fraction of sp³-hybridized carbons (Fsp3) is 0.444. The second-order valence-corrected chi connectivity index (χ2v) is 2.12. The number of carbonyl (C=O) groups is 1. The zero-order valence-corrected chi connectivity index (χ0v) is 7.93. The Hall–Kier alpha value is -1.29. The summed E-state index contributed by atoms with van der Waals surface area (Å²) < 4.78 is 4.78. The number of hydrogen-bond donors (Lipinski definition) is 1. The van der Waals surface area contributed by atoms with E-state index in [1.807, 2.05) is 12.2 Å². The van der Waals surface area contributed by atoms with Crippen LogP contribution in [-0.2, 0) is 4.74 Å². The van der Waals surface area contributed by atoms with Crippen molar-refractivity contribution in [2.45, 2.75) is 6.92 Å². The lowest BCUT2D eigenvalue weighted by molar-refractivity contribution is 0.125. The predicted octanol–water partition coefficient (Wildman–Crippen LogP) is 1.14. The molecule has 13 heavy (non-hydrogen) atoms. The minimum Gasteiger partial charge on any atom is -0.449 e. The molecular weight excluding hydrogens is 170 g/mol. The molecule has 1 aliphatic rings. The molecule has 0 saturated carbocycles. The highest BCUT2D eigenvalue weighted by molar-refractivity contribution is 5.69. The van der Waals surface area contributed by atoms with E-state index in [-0.39, 0.29) is 6.09 Å². The van der Waals surface area contributed by atoms with Crippen LogP contribution in [0.5, 0.6) is 0 Å². The number of aliphatic hydroxyl groups excluding tert-OH is 1. The summed E-state index contributed by atoms with van der Waals surface area (Å²) in [6, 6.07) is 0. The normalized spacial score (nSPS) is 13.3. The SMILES string of the molecule is CCOC(=O)N1C=CC=CC1.CO. The van der Waals surface area contributed by atoms with E-state index in [4.69, 9.17) is 9.84 Å². The average Bonchev–Trinajstić information content (AvgIpc) is 2.23. The van der Waals surface area contributed by atoms with E-state index in [0.717, 1.165) is 7.11 Å². The highest BCUT2D eigenvalue weighted by atomic mass is 16.6. The molecule has 0 bridgehead atoms. The van der Waals surface area contributed by atoms with Gasteiger partial charge in [0.1, 0.15) is 0 Å². The second kappa shape index (κ2) is 7.36. The van der Waals surface area contributed by atoms with Gasteiger partial charge in [0.05, 0.1) is 6.61 Å². The van der Waals surface area contributed by atoms with Crippen LogP contribution in [0.1, 0.15) is 6.92 Å². The molecule has 0 spiro atoms. The third kappa shape index (κ3) is 4.32. The Bertz CT molecular complexity index is 199.